The van der Waals surface area contributed by atoms with Crippen LogP contribution in [0.5, 0.6) is 0 Å². The van der Waals surface area contributed by atoms with E-state index in [0.29, 0.717) is 26.2 Å². The summed E-state index contributed by atoms with van der Waals surface area (Å²) >= 11 is 0. The van der Waals surface area contributed by atoms with Gasteiger partial charge in [0.2, 0.25) is 5.91 Å². The van der Waals surface area contributed by atoms with Crippen molar-refractivity contribution in [2.24, 2.45) is 5.92 Å². The Morgan fingerprint density at radius 3 is 2.42 bits per heavy atom. The molecule has 0 bridgehead atoms. The van der Waals surface area contributed by atoms with Gasteiger partial charge in [-0.1, -0.05) is 30.3 Å². The van der Waals surface area contributed by atoms with Crippen molar-refractivity contribution in [2.75, 3.05) is 26.2 Å². The Bertz CT molecular complexity index is 999. The lowest BCUT2D eigenvalue weighted by molar-refractivity contribution is -0.133. The number of aromatic amines is 1. The topological polar surface area (TPSA) is 94.2 Å². The highest BCUT2D eigenvalue weighted by Crippen LogP contribution is 2.52. The van der Waals surface area contributed by atoms with Crippen LogP contribution in [0, 0.1) is 12.8 Å². The van der Waals surface area contributed by atoms with E-state index in [-0.39, 0.29) is 29.3 Å². The molecule has 0 spiro atoms. The third-order valence-electron chi connectivity index (χ3n) is 7.12. The molecule has 5 rings (SSSR count). The number of hydrogen-bond donors (Lipinski definition) is 2. The molecule has 1 aliphatic carbocycles. The van der Waals surface area contributed by atoms with Crippen LogP contribution in [0.2, 0.25) is 0 Å². The summed E-state index contributed by atoms with van der Waals surface area (Å²) in [6, 6.07) is 10.1. The summed E-state index contributed by atoms with van der Waals surface area (Å²) in [5.41, 5.74) is 0.296. The maximum atomic E-state index is 13.7. The first-order chi connectivity index (χ1) is 14.8. The number of hydrogen-bond acceptors (Lipinski definition) is 4. The third kappa shape index (κ3) is 3.20. The molecule has 31 heavy (non-hydrogen) atoms. The van der Waals surface area contributed by atoms with Crippen molar-refractivity contribution in [1.29, 1.82) is 0 Å². The number of carbonyl (C=O) groups is 2. The van der Waals surface area contributed by atoms with Crippen LogP contribution in [0.1, 0.15) is 43.9 Å². The zero-order chi connectivity index (χ0) is 21.8. The van der Waals surface area contributed by atoms with Crippen LogP contribution in [0.15, 0.2) is 30.3 Å². The Kier molecular flexibility index (Phi) is 4.57. The summed E-state index contributed by atoms with van der Waals surface area (Å²) in [7, 11) is 0. The molecule has 3 amide bonds. The molecular formula is C23H30N6O2. The summed E-state index contributed by atoms with van der Waals surface area (Å²) in [5.74, 6) is 1.80. The molecule has 1 aromatic heterocycles. The highest BCUT2D eigenvalue weighted by molar-refractivity contribution is 5.91. The zero-order valence-electron chi connectivity index (χ0n) is 18.4. The number of likely N-dealkylation sites (tertiary alicyclic amines) is 2. The number of aromatic nitrogens is 3. The first kappa shape index (κ1) is 20.0. The van der Waals surface area contributed by atoms with Gasteiger partial charge in [0.15, 0.2) is 5.82 Å². The van der Waals surface area contributed by atoms with E-state index in [1.165, 1.54) is 0 Å². The van der Waals surface area contributed by atoms with Crippen LogP contribution in [-0.4, -0.2) is 69.1 Å². The zero-order valence-corrected chi connectivity index (χ0v) is 18.4. The molecule has 8 nitrogen and oxygen atoms in total. The van der Waals surface area contributed by atoms with Crippen molar-refractivity contribution < 1.29 is 9.59 Å². The van der Waals surface area contributed by atoms with Crippen molar-refractivity contribution in [2.45, 2.75) is 50.5 Å². The molecule has 3 aliphatic rings. The second kappa shape index (κ2) is 7.07. The van der Waals surface area contributed by atoms with Crippen LogP contribution in [0.4, 0.5) is 4.79 Å². The Morgan fingerprint density at radius 1 is 1.13 bits per heavy atom. The fourth-order valence-electron chi connectivity index (χ4n) is 5.41. The summed E-state index contributed by atoms with van der Waals surface area (Å²) in [4.78, 5) is 34.9. The highest BCUT2D eigenvalue weighted by Gasteiger charge is 2.61. The molecule has 0 radical (unpaired) electrons. The van der Waals surface area contributed by atoms with Gasteiger partial charge < -0.3 is 15.1 Å². The van der Waals surface area contributed by atoms with Gasteiger partial charge >= 0.3 is 6.03 Å². The van der Waals surface area contributed by atoms with E-state index in [0.717, 1.165) is 30.1 Å². The molecule has 2 saturated heterocycles. The minimum Gasteiger partial charge on any atom is -0.340 e. The molecule has 2 N–H and O–H groups in total. The molecule has 3 fully saturated rings. The van der Waals surface area contributed by atoms with Crippen molar-refractivity contribution in [3.05, 3.63) is 47.5 Å². The fourth-order valence-corrected chi connectivity index (χ4v) is 5.41. The smallest absolute Gasteiger partial charge is 0.317 e. The second-order valence-electron chi connectivity index (χ2n) is 9.72. The van der Waals surface area contributed by atoms with Crippen LogP contribution in [0.3, 0.4) is 0 Å². The largest absolute Gasteiger partial charge is 0.340 e. The van der Waals surface area contributed by atoms with E-state index in [9.17, 15) is 9.59 Å². The van der Waals surface area contributed by atoms with Crippen LogP contribution in [-0.2, 0) is 15.6 Å². The lowest BCUT2D eigenvalue weighted by Gasteiger charge is -2.29. The molecule has 1 saturated carbocycles. The van der Waals surface area contributed by atoms with E-state index in [1.54, 1.807) is 0 Å². The Hall–Kier alpha value is -2.90. The fraction of sp³-hybridized carbons (Fsp3) is 0.565. The van der Waals surface area contributed by atoms with Gasteiger partial charge in [0.25, 0.3) is 0 Å². The quantitative estimate of drug-likeness (QED) is 0.788. The van der Waals surface area contributed by atoms with Crippen molar-refractivity contribution in [3.63, 3.8) is 0 Å². The second-order valence-corrected chi connectivity index (χ2v) is 9.72. The van der Waals surface area contributed by atoms with Crippen LogP contribution in [0.25, 0.3) is 0 Å². The van der Waals surface area contributed by atoms with Gasteiger partial charge in [0, 0.05) is 38.1 Å². The van der Waals surface area contributed by atoms with Gasteiger partial charge in [-0.3, -0.25) is 9.89 Å². The van der Waals surface area contributed by atoms with Gasteiger partial charge in [-0.15, -0.1) is 0 Å². The minimum absolute atomic E-state index is 0.0585. The number of nitrogens with one attached hydrogen (secondary N) is 2. The first-order valence-electron chi connectivity index (χ1n) is 11.1. The van der Waals surface area contributed by atoms with E-state index >= 15 is 0 Å². The predicted molar refractivity (Wildman–Crippen MR) is 115 cm³/mol. The average Bonchev–Trinajstić information content (AvgIpc) is 3.09. The molecular weight excluding hydrogens is 392 g/mol. The highest BCUT2D eigenvalue weighted by atomic mass is 16.2. The summed E-state index contributed by atoms with van der Waals surface area (Å²) < 4.78 is 0. The molecule has 3 heterocycles. The van der Waals surface area contributed by atoms with E-state index < -0.39 is 5.41 Å². The Balaban J connectivity index is 1.42. The van der Waals surface area contributed by atoms with Crippen molar-refractivity contribution >= 4 is 11.9 Å². The van der Waals surface area contributed by atoms with Gasteiger partial charge in [-0.05, 0) is 39.2 Å². The maximum absolute atomic E-state index is 13.7. The van der Waals surface area contributed by atoms with Gasteiger partial charge in [0.05, 0.1) is 10.8 Å². The SMILES string of the molecule is Cc1nc([C@]23CN(C(=O)NC(C)C)C[C@H]2CN(C(=O)C2(c4ccccc4)CC2)C3)n[nH]1. The molecule has 8 heteroatoms. The van der Waals surface area contributed by atoms with Crippen LogP contribution < -0.4 is 5.32 Å². The molecule has 2 aliphatic heterocycles. The van der Waals surface area contributed by atoms with Gasteiger partial charge in [-0.2, -0.15) is 5.10 Å². The minimum atomic E-state index is -0.429. The number of H-pyrrole nitrogens is 1. The summed E-state index contributed by atoms with van der Waals surface area (Å²) in [6.07, 6.45) is 1.79. The Labute approximate surface area is 182 Å². The molecule has 1 aromatic carbocycles. The van der Waals surface area contributed by atoms with Gasteiger partial charge in [0.1, 0.15) is 5.82 Å². The van der Waals surface area contributed by atoms with Crippen molar-refractivity contribution in [3.8, 4) is 0 Å². The third-order valence-corrected chi connectivity index (χ3v) is 7.12. The van der Waals surface area contributed by atoms with E-state index in [4.69, 9.17) is 0 Å². The first-order valence-corrected chi connectivity index (χ1v) is 11.1. The number of amides is 3. The number of rotatable bonds is 4. The summed E-state index contributed by atoms with van der Waals surface area (Å²) in [6.45, 7) is 8.11. The molecule has 0 unspecified atom stereocenters. The lowest BCUT2D eigenvalue weighted by atomic mass is 9.80. The molecule has 2 aromatic rings. The summed E-state index contributed by atoms with van der Waals surface area (Å²) in [5, 5.41) is 10.4. The average molecular weight is 423 g/mol. The van der Waals surface area contributed by atoms with E-state index in [1.807, 2.05) is 48.8 Å². The number of benzene rings is 1. The molecule has 2 atom stereocenters. The number of nitrogens with zero attached hydrogens (tertiary/aromatic N) is 4. The molecule has 164 valence electrons. The Morgan fingerprint density at radius 2 is 1.81 bits per heavy atom. The monoisotopic (exact) mass is 422 g/mol. The van der Waals surface area contributed by atoms with Crippen LogP contribution >= 0.6 is 0 Å². The number of carbonyl (C=O) groups excluding carboxylic acids is 2. The van der Waals surface area contributed by atoms with Gasteiger partial charge in [-0.25, -0.2) is 9.78 Å². The predicted octanol–water partition coefficient (Wildman–Crippen LogP) is 1.97. The number of aryl methyl sites for hydroxylation is 1. The maximum Gasteiger partial charge on any atom is 0.317 e. The number of fused-ring (bicyclic) bond motifs is 1. The lowest BCUT2D eigenvalue weighted by Crippen LogP contribution is -2.47. The van der Waals surface area contributed by atoms with E-state index in [2.05, 4.69) is 32.6 Å². The normalized spacial score (nSPS) is 26.3. The van der Waals surface area contributed by atoms with Crippen molar-refractivity contribution in [1.82, 2.24) is 30.3 Å². The number of urea groups is 1. The standard InChI is InChI=1S/C23H30N6O2/c1-15(2)24-21(31)29-12-18-11-28(13-23(18,14-29)19-25-16(3)26-27-19)20(30)22(9-10-22)17-7-5-4-6-8-17/h4-8,15,18H,9-14H2,1-3H3,(H,24,31)(H,25,26,27)/t18-,23-/m1/s1.